The van der Waals surface area contributed by atoms with E-state index in [0.717, 1.165) is 44.4 Å². The Kier molecular flexibility index (Phi) is 3.89. The number of nitrogens with zero attached hydrogens (tertiary/aromatic N) is 5. The van der Waals surface area contributed by atoms with Gasteiger partial charge >= 0.3 is 0 Å². The van der Waals surface area contributed by atoms with Crippen LogP contribution in [0.15, 0.2) is 30.6 Å². The van der Waals surface area contributed by atoms with E-state index in [0.29, 0.717) is 5.15 Å². The van der Waals surface area contributed by atoms with Crippen LogP contribution in [-0.2, 0) is 13.6 Å². The number of pyridine rings is 1. The van der Waals surface area contributed by atoms with Gasteiger partial charge in [0.05, 0.1) is 12.7 Å². The van der Waals surface area contributed by atoms with Crippen LogP contribution in [0.3, 0.4) is 0 Å². The van der Waals surface area contributed by atoms with Gasteiger partial charge in [-0.2, -0.15) is 0 Å². The summed E-state index contributed by atoms with van der Waals surface area (Å²) in [5, 5.41) is 0.687. The molecule has 20 heavy (non-hydrogen) atoms. The topological polar surface area (TPSA) is 37.2 Å². The van der Waals surface area contributed by atoms with Crippen molar-refractivity contribution in [3.63, 3.8) is 0 Å². The van der Waals surface area contributed by atoms with Gasteiger partial charge in [0, 0.05) is 39.4 Å². The van der Waals surface area contributed by atoms with Crippen molar-refractivity contribution in [3.8, 4) is 0 Å². The van der Waals surface area contributed by atoms with E-state index < -0.39 is 0 Å². The molecule has 0 atom stereocenters. The van der Waals surface area contributed by atoms with E-state index in [1.54, 1.807) is 6.20 Å². The summed E-state index contributed by atoms with van der Waals surface area (Å²) in [5.74, 6) is 2.08. The van der Waals surface area contributed by atoms with Gasteiger partial charge in [0.25, 0.3) is 0 Å². The van der Waals surface area contributed by atoms with Gasteiger partial charge < -0.3 is 9.47 Å². The zero-order chi connectivity index (χ0) is 13.9. The highest BCUT2D eigenvalue weighted by Gasteiger charge is 2.19. The molecule has 2 aromatic rings. The first kappa shape index (κ1) is 13.4. The van der Waals surface area contributed by atoms with Crippen molar-refractivity contribution in [2.75, 3.05) is 31.1 Å². The molecular weight excluding hydrogens is 274 g/mol. The predicted molar refractivity (Wildman–Crippen MR) is 79.9 cm³/mol. The average Bonchev–Trinajstić information content (AvgIpc) is 2.81. The molecule has 0 aromatic carbocycles. The van der Waals surface area contributed by atoms with Gasteiger partial charge in [0.2, 0.25) is 0 Å². The van der Waals surface area contributed by atoms with Crippen LogP contribution in [-0.4, -0.2) is 45.6 Å². The third-order valence-electron chi connectivity index (χ3n) is 3.74. The molecule has 0 aliphatic carbocycles. The third-order valence-corrected chi connectivity index (χ3v) is 4.09. The minimum atomic E-state index is 0.687. The normalized spacial score (nSPS) is 16.6. The second-order valence-electron chi connectivity index (χ2n) is 5.01. The van der Waals surface area contributed by atoms with Crippen molar-refractivity contribution in [1.82, 2.24) is 19.4 Å². The summed E-state index contributed by atoms with van der Waals surface area (Å²) >= 11 is 6.02. The largest absolute Gasteiger partial charge is 0.354 e. The number of aromatic nitrogens is 3. The zero-order valence-electron chi connectivity index (χ0n) is 11.5. The molecule has 6 heteroatoms. The van der Waals surface area contributed by atoms with E-state index in [1.807, 2.05) is 29.9 Å². The lowest BCUT2D eigenvalue weighted by Gasteiger charge is -2.35. The molecule has 3 heterocycles. The summed E-state index contributed by atoms with van der Waals surface area (Å²) < 4.78 is 1.94. The summed E-state index contributed by atoms with van der Waals surface area (Å²) in [5.41, 5.74) is 0. The molecule has 0 bridgehead atoms. The fourth-order valence-corrected chi connectivity index (χ4v) is 2.59. The second kappa shape index (κ2) is 5.81. The minimum Gasteiger partial charge on any atom is -0.354 e. The smallest absolute Gasteiger partial charge is 0.128 e. The van der Waals surface area contributed by atoms with E-state index in [1.165, 1.54) is 0 Å². The molecule has 0 radical (unpaired) electrons. The predicted octanol–water partition coefficient (Wildman–Crippen LogP) is 1.79. The number of hydrogen-bond acceptors (Lipinski definition) is 4. The van der Waals surface area contributed by atoms with Crippen molar-refractivity contribution in [2.24, 2.45) is 7.05 Å². The SMILES string of the molecule is Cn1c(Cl)cnc1CN1CCN(c2ccccn2)CC1. The molecule has 1 aliphatic heterocycles. The first-order chi connectivity index (χ1) is 9.74. The van der Waals surface area contributed by atoms with E-state index in [4.69, 9.17) is 11.6 Å². The Morgan fingerprint density at radius 3 is 2.55 bits per heavy atom. The fraction of sp³-hybridized carbons (Fsp3) is 0.429. The van der Waals surface area contributed by atoms with Crippen LogP contribution in [0.2, 0.25) is 5.15 Å². The zero-order valence-corrected chi connectivity index (χ0v) is 12.3. The molecule has 3 rings (SSSR count). The highest BCUT2D eigenvalue weighted by molar-refractivity contribution is 6.29. The van der Waals surface area contributed by atoms with E-state index >= 15 is 0 Å². The van der Waals surface area contributed by atoms with Crippen LogP contribution < -0.4 is 4.90 Å². The highest BCUT2D eigenvalue weighted by atomic mass is 35.5. The Morgan fingerprint density at radius 1 is 1.15 bits per heavy atom. The van der Waals surface area contributed by atoms with Crippen molar-refractivity contribution in [3.05, 3.63) is 41.6 Å². The van der Waals surface area contributed by atoms with Gasteiger partial charge in [0.15, 0.2) is 0 Å². The Balaban J connectivity index is 1.58. The molecule has 5 nitrogen and oxygen atoms in total. The maximum absolute atomic E-state index is 6.02. The van der Waals surface area contributed by atoms with Gasteiger partial charge in [0.1, 0.15) is 16.8 Å². The molecule has 106 valence electrons. The molecule has 0 amide bonds. The monoisotopic (exact) mass is 291 g/mol. The summed E-state index contributed by atoms with van der Waals surface area (Å²) in [6.07, 6.45) is 3.55. The summed E-state index contributed by atoms with van der Waals surface area (Å²) in [6.45, 7) is 4.87. The van der Waals surface area contributed by atoms with Gasteiger partial charge in [-0.15, -0.1) is 0 Å². The van der Waals surface area contributed by atoms with Gasteiger partial charge in [-0.1, -0.05) is 17.7 Å². The fourth-order valence-electron chi connectivity index (χ4n) is 2.45. The standard InChI is InChI=1S/C14H18ClN5/c1-18-12(15)10-17-14(18)11-19-6-8-20(9-7-19)13-4-2-3-5-16-13/h2-5,10H,6-9,11H2,1H3. The average molecular weight is 292 g/mol. The van der Waals surface area contributed by atoms with Gasteiger partial charge in [-0.25, -0.2) is 9.97 Å². The molecule has 1 aliphatic rings. The van der Waals surface area contributed by atoms with Crippen molar-refractivity contribution in [2.45, 2.75) is 6.54 Å². The number of anilines is 1. The van der Waals surface area contributed by atoms with Crippen LogP contribution in [0.5, 0.6) is 0 Å². The molecule has 1 saturated heterocycles. The van der Waals surface area contributed by atoms with Crippen molar-refractivity contribution >= 4 is 17.4 Å². The number of imidazole rings is 1. The van der Waals surface area contributed by atoms with Crippen molar-refractivity contribution < 1.29 is 0 Å². The maximum atomic E-state index is 6.02. The van der Waals surface area contributed by atoms with Gasteiger partial charge in [-0.3, -0.25) is 4.90 Å². The lowest BCUT2D eigenvalue weighted by atomic mass is 10.3. The van der Waals surface area contributed by atoms with Crippen LogP contribution in [0.1, 0.15) is 5.82 Å². The molecule has 0 saturated carbocycles. The molecule has 0 spiro atoms. The minimum absolute atomic E-state index is 0.687. The summed E-state index contributed by atoms with van der Waals surface area (Å²) in [6, 6.07) is 6.04. The van der Waals surface area contributed by atoms with Crippen LogP contribution >= 0.6 is 11.6 Å². The molecule has 2 aromatic heterocycles. The molecular formula is C14H18ClN5. The lowest BCUT2D eigenvalue weighted by molar-refractivity contribution is 0.241. The van der Waals surface area contributed by atoms with E-state index in [-0.39, 0.29) is 0 Å². The number of hydrogen-bond donors (Lipinski definition) is 0. The number of piperazine rings is 1. The quantitative estimate of drug-likeness (QED) is 0.864. The Bertz CT molecular complexity index is 560. The Labute approximate surface area is 123 Å². The molecule has 0 unspecified atom stereocenters. The van der Waals surface area contributed by atoms with Crippen molar-refractivity contribution in [1.29, 1.82) is 0 Å². The van der Waals surface area contributed by atoms with E-state index in [9.17, 15) is 0 Å². The highest BCUT2D eigenvalue weighted by Crippen LogP contribution is 2.15. The summed E-state index contributed by atoms with van der Waals surface area (Å²) in [4.78, 5) is 13.5. The number of rotatable bonds is 3. The first-order valence-electron chi connectivity index (χ1n) is 6.78. The lowest BCUT2D eigenvalue weighted by Crippen LogP contribution is -2.46. The third kappa shape index (κ3) is 2.78. The van der Waals surface area contributed by atoms with E-state index in [2.05, 4.69) is 25.8 Å². The van der Waals surface area contributed by atoms with Crippen LogP contribution in [0.4, 0.5) is 5.82 Å². The maximum Gasteiger partial charge on any atom is 0.128 e. The Hall–Kier alpha value is -1.59. The first-order valence-corrected chi connectivity index (χ1v) is 7.16. The van der Waals surface area contributed by atoms with Gasteiger partial charge in [-0.05, 0) is 12.1 Å². The molecule has 0 N–H and O–H groups in total. The Morgan fingerprint density at radius 2 is 1.95 bits per heavy atom. The molecule has 1 fully saturated rings. The number of halogens is 1. The van der Waals surface area contributed by atoms with Crippen LogP contribution in [0.25, 0.3) is 0 Å². The van der Waals surface area contributed by atoms with Crippen LogP contribution in [0, 0.1) is 0 Å². The summed E-state index contributed by atoms with van der Waals surface area (Å²) in [7, 11) is 1.95. The second-order valence-corrected chi connectivity index (χ2v) is 5.39.